The van der Waals surface area contributed by atoms with Crippen LogP contribution in [0.15, 0.2) is 35.2 Å². The van der Waals surface area contributed by atoms with Crippen LogP contribution in [-0.2, 0) is 14.8 Å². The number of nitrogens with zero attached hydrogens (tertiary/aromatic N) is 2. The Morgan fingerprint density at radius 2 is 1.85 bits per heavy atom. The van der Waals surface area contributed by atoms with Gasteiger partial charge in [0.15, 0.2) is 0 Å². The first-order valence-corrected chi connectivity index (χ1v) is 10.8. The maximum absolute atomic E-state index is 12.4. The maximum atomic E-state index is 12.4. The summed E-state index contributed by atoms with van der Waals surface area (Å²) in [5.41, 5.74) is -0.777. The predicted octanol–water partition coefficient (Wildman–Crippen LogP) is 1.24. The van der Waals surface area contributed by atoms with Crippen molar-refractivity contribution in [2.45, 2.75) is 49.1 Å². The Kier molecular flexibility index (Phi) is 5.84. The van der Waals surface area contributed by atoms with E-state index in [0.717, 1.165) is 12.8 Å². The van der Waals surface area contributed by atoms with E-state index >= 15 is 0 Å². The van der Waals surface area contributed by atoms with Gasteiger partial charge in [-0.05, 0) is 50.7 Å². The van der Waals surface area contributed by atoms with E-state index in [1.807, 2.05) is 4.90 Å². The van der Waals surface area contributed by atoms with Crippen molar-refractivity contribution in [1.82, 2.24) is 14.9 Å². The molecule has 0 bridgehead atoms. The molecule has 0 aromatic heterocycles. The maximum Gasteiger partial charge on any atom is 0.240 e. The van der Waals surface area contributed by atoms with E-state index in [2.05, 4.69) is 16.1 Å². The average Bonchev–Trinajstić information content (AvgIpc) is 3.49. The lowest BCUT2D eigenvalue weighted by Gasteiger charge is -2.32. The average molecular weight is 391 g/mol. The molecule has 1 saturated heterocycles. The highest BCUT2D eigenvalue weighted by atomic mass is 32.2. The summed E-state index contributed by atoms with van der Waals surface area (Å²) in [6, 6.07) is 10.4. The molecule has 27 heavy (non-hydrogen) atoms. The molecule has 2 N–H and O–H groups in total. The van der Waals surface area contributed by atoms with Gasteiger partial charge >= 0.3 is 0 Å². The van der Waals surface area contributed by atoms with Crippen molar-refractivity contribution in [2.75, 3.05) is 19.6 Å². The summed E-state index contributed by atoms with van der Waals surface area (Å²) in [7, 11) is -3.51. The van der Waals surface area contributed by atoms with E-state index in [-0.39, 0.29) is 29.3 Å². The molecule has 1 aromatic rings. The third-order valence-corrected chi connectivity index (χ3v) is 6.89. The summed E-state index contributed by atoms with van der Waals surface area (Å²) in [6.07, 6.45) is 3.27. The number of likely N-dealkylation sites (tertiary alicyclic amines) is 1. The quantitative estimate of drug-likeness (QED) is 0.729. The van der Waals surface area contributed by atoms with Gasteiger partial charge < -0.3 is 5.32 Å². The standard InChI is InChI=1S/C19H26N4O3S/c1-19(14-20,15-7-8-15)21-18(24)13-23-11-9-16(10-12-23)22-27(25,26)17-5-3-2-4-6-17/h2-6,15-16,22H,7-13H2,1H3,(H,21,24). The number of amides is 1. The van der Waals surface area contributed by atoms with E-state index in [0.29, 0.717) is 25.9 Å². The molecule has 1 aliphatic carbocycles. The lowest BCUT2D eigenvalue weighted by molar-refractivity contribution is -0.123. The number of rotatable bonds is 7. The highest BCUT2D eigenvalue weighted by Crippen LogP contribution is 2.39. The second-order valence-electron chi connectivity index (χ2n) is 7.62. The summed E-state index contributed by atoms with van der Waals surface area (Å²) in [5.74, 6) is 0.110. The SMILES string of the molecule is CC(C#N)(NC(=O)CN1CCC(NS(=O)(=O)c2ccccc2)CC1)C1CC1. The Morgan fingerprint density at radius 3 is 2.41 bits per heavy atom. The van der Waals surface area contributed by atoms with Crippen LogP contribution in [0.25, 0.3) is 0 Å². The van der Waals surface area contributed by atoms with E-state index in [1.165, 1.54) is 0 Å². The van der Waals surface area contributed by atoms with E-state index in [1.54, 1.807) is 37.3 Å². The Bertz CT molecular complexity index is 809. The van der Waals surface area contributed by atoms with Crippen molar-refractivity contribution >= 4 is 15.9 Å². The largest absolute Gasteiger partial charge is 0.337 e. The number of sulfonamides is 1. The van der Waals surface area contributed by atoms with Crippen molar-refractivity contribution in [3.8, 4) is 6.07 Å². The molecule has 1 aromatic carbocycles. The number of hydrogen-bond donors (Lipinski definition) is 2. The van der Waals surface area contributed by atoms with Crippen LogP contribution in [0.4, 0.5) is 0 Å². The summed E-state index contributed by atoms with van der Waals surface area (Å²) in [6.45, 7) is 3.31. The predicted molar refractivity (Wildman–Crippen MR) is 101 cm³/mol. The van der Waals surface area contributed by atoms with E-state index in [4.69, 9.17) is 0 Å². The van der Waals surface area contributed by atoms with E-state index < -0.39 is 15.6 Å². The van der Waals surface area contributed by atoms with Gasteiger partial charge in [-0.25, -0.2) is 13.1 Å². The van der Waals surface area contributed by atoms with E-state index in [9.17, 15) is 18.5 Å². The van der Waals surface area contributed by atoms with Crippen molar-refractivity contribution in [3.63, 3.8) is 0 Å². The molecule has 3 rings (SSSR count). The van der Waals surface area contributed by atoms with Gasteiger partial charge in [-0.3, -0.25) is 9.69 Å². The first kappa shape index (κ1) is 19.8. The zero-order valence-electron chi connectivity index (χ0n) is 15.5. The number of benzene rings is 1. The summed E-state index contributed by atoms with van der Waals surface area (Å²) >= 11 is 0. The summed E-state index contributed by atoms with van der Waals surface area (Å²) in [5, 5.41) is 12.2. The van der Waals surface area contributed by atoms with Gasteiger partial charge in [-0.15, -0.1) is 0 Å². The monoisotopic (exact) mass is 390 g/mol. The molecule has 1 heterocycles. The normalized spacial score (nSPS) is 21.2. The molecule has 2 aliphatic rings. The number of carbonyl (C=O) groups is 1. The van der Waals surface area contributed by atoms with Crippen LogP contribution in [0.5, 0.6) is 0 Å². The summed E-state index contributed by atoms with van der Waals surface area (Å²) in [4.78, 5) is 14.6. The van der Waals surface area contributed by atoms with Gasteiger partial charge in [0.1, 0.15) is 5.54 Å². The Labute approximate surface area is 160 Å². The molecule has 1 amide bonds. The minimum atomic E-state index is -3.51. The third-order valence-electron chi connectivity index (χ3n) is 5.36. The molecule has 1 atom stereocenters. The van der Waals surface area contributed by atoms with Crippen LogP contribution in [0.1, 0.15) is 32.6 Å². The third kappa shape index (κ3) is 5.06. The minimum absolute atomic E-state index is 0.134. The molecule has 2 fully saturated rings. The molecular weight excluding hydrogens is 364 g/mol. The van der Waals surface area contributed by atoms with Gasteiger partial charge in [0.2, 0.25) is 15.9 Å². The fraction of sp³-hybridized carbons (Fsp3) is 0.579. The number of nitrogens with one attached hydrogen (secondary N) is 2. The number of carbonyl (C=O) groups excluding carboxylic acids is 1. The second-order valence-corrected chi connectivity index (χ2v) is 9.34. The van der Waals surface area contributed by atoms with Crippen molar-refractivity contribution in [2.24, 2.45) is 5.92 Å². The Balaban J connectivity index is 1.46. The van der Waals surface area contributed by atoms with Gasteiger partial charge in [-0.2, -0.15) is 5.26 Å². The lowest BCUT2D eigenvalue weighted by atomic mass is 9.98. The van der Waals surface area contributed by atoms with Gasteiger partial charge in [0, 0.05) is 19.1 Å². The molecule has 1 unspecified atom stereocenters. The lowest BCUT2D eigenvalue weighted by Crippen LogP contribution is -2.52. The van der Waals surface area contributed by atoms with Crippen LogP contribution in [0, 0.1) is 17.2 Å². The first-order valence-electron chi connectivity index (χ1n) is 9.34. The smallest absolute Gasteiger partial charge is 0.240 e. The molecule has 1 saturated carbocycles. The van der Waals surface area contributed by atoms with Crippen LogP contribution in [-0.4, -0.2) is 50.4 Å². The highest BCUT2D eigenvalue weighted by Gasteiger charge is 2.43. The zero-order valence-corrected chi connectivity index (χ0v) is 16.3. The Morgan fingerprint density at radius 1 is 1.22 bits per heavy atom. The molecule has 1 aliphatic heterocycles. The number of piperidine rings is 1. The fourth-order valence-corrected chi connectivity index (χ4v) is 4.84. The highest BCUT2D eigenvalue weighted by molar-refractivity contribution is 7.89. The number of nitriles is 1. The molecule has 7 nitrogen and oxygen atoms in total. The minimum Gasteiger partial charge on any atom is -0.337 e. The zero-order chi connectivity index (χ0) is 19.5. The summed E-state index contributed by atoms with van der Waals surface area (Å²) < 4.78 is 27.6. The van der Waals surface area contributed by atoms with Crippen LogP contribution >= 0.6 is 0 Å². The molecule has 0 spiro atoms. The fourth-order valence-electron chi connectivity index (χ4n) is 3.51. The topological polar surface area (TPSA) is 102 Å². The van der Waals surface area contributed by atoms with Gasteiger partial charge in [0.05, 0.1) is 17.5 Å². The van der Waals surface area contributed by atoms with Gasteiger partial charge in [-0.1, -0.05) is 18.2 Å². The van der Waals surface area contributed by atoms with Crippen LogP contribution in [0.2, 0.25) is 0 Å². The van der Waals surface area contributed by atoms with Crippen molar-refractivity contribution in [1.29, 1.82) is 5.26 Å². The molecule has 8 heteroatoms. The van der Waals surface area contributed by atoms with Crippen molar-refractivity contribution in [3.05, 3.63) is 30.3 Å². The second kappa shape index (κ2) is 7.97. The Hall–Kier alpha value is -1.95. The number of hydrogen-bond acceptors (Lipinski definition) is 5. The molecule has 146 valence electrons. The molecular formula is C19H26N4O3S. The van der Waals surface area contributed by atoms with Gasteiger partial charge in [0.25, 0.3) is 0 Å². The molecule has 0 radical (unpaired) electrons. The van der Waals surface area contributed by atoms with Crippen molar-refractivity contribution < 1.29 is 13.2 Å². The first-order chi connectivity index (χ1) is 12.8. The van der Waals surface area contributed by atoms with Crippen LogP contribution < -0.4 is 10.0 Å². The van der Waals surface area contributed by atoms with Crippen LogP contribution in [0.3, 0.4) is 0 Å².